The second-order valence-corrected chi connectivity index (χ2v) is 2.93. The zero-order valence-corrected chi connectivity index (χ0v) is 7.62. The van der Waals surface area contributed by atoms with Crippen LogP contribution in [0.25, 0.3) is 0 Å². The minimum atomic E-state index is -0.343. The van der Waals surface area contributed by atoms with Crippen molar-refractivity contribution in [1.82, 2.24) is 4.98 Å². The summed E-state index contributed by atoms with van der Waals surface area (Å²) >= 11 is 5.69. The monoisotopic (exact) mass is 196 g/mol. The van der Waals surface area contributed by atoms with E-state index < -0.39 is 0 Å². The Morgan fingerprint density at radius 1 is 1.62 bits per heavy atom. The third-order valence-electron chi connectivity index (χ3n) is 1.61. The normalized spacial score (nSPS) is 12.2. The molecule has 0 fully saturated rings. The molecular formula is C8H9ClN4. The van der Waals surface area contributed by atoms with Gasteiger partial charge in [0.1, 0.15) is 6.07 Å². The van der Waals surface area contributed by atoms with Gasteiger partial charge in [0.25, 0.3) is 0 Å². The van der Waals surface area contributed by atoms with Crippen molar-refractivity contribution in [3.63, 3.8) is 0 Å². The van der Waals surface area contributed by atoms with Crippen molar-refractivity contribution in [2.45, 2.75) is 6.04 Å². The first kappa shape index (κ1) is 9.93. The predicted molar refractivity (Wildman–Crippen MR) is 49.9 cm³/mol. The van der Waals surface area contributed by atoms with Crippen LogP contribution < -0.4 is 11.5 Å². The minimum Gasteiger partial charge on any atom is -0.329 e. The third kappa shape index (κ3) is 2.16. The fourth-order valence-corrected chi connectivity index (χ4v) is 1.01. The number of rotatable bonds is 2. The standard InChI is InChI=1S/C8H9ClN4/c9-5-1-2-7(6(12)3-10)13-8(5)4-11/h1-2,6H,3,10,12H2. The smallest absolute Gasteiger partial charge is 0.159 e. The van der Waals surface area contributed by atoms with Crippen LogP contribution in [-0.2, 0) is 0 Å². The number of aromatic nitrogens is 1. The van der Waals surface area contributed by atoms with Crippen molar-refractivity contribution in [1.29, 1.82) is 5.26 Å². The molecule has 0 spiro atoms. The first-order chi connectivity index (χ1) is 6.19. The zero-order chi connectivity index (χ0) is 9.84. The van der Waals surface area contributed by atoms with E-state index >= 15 is 0 Å². The van der Waals surface area contributed by atoms with Crippen LogP contribution in [-0.4, -0.2) is 11.5 Å². The summed E-state index contributed by atoms with van der Waals surface area (Å²) in [5.74, 6) is 0. The average molecular weight is 197 g/mol. The van der Waals surface area contributed by atoms with E-state index in [2.05, 4.69) is 4.98 Å². The van der Waals surface area contributed by atoms with Crippen molar-refractivity contribution in [2.75, 3.05) is 6.54 Å². The highest BCUT2D eigenvalue weighted by atomic mass is 35.5. The van der Waals surface area contributed by atoms with Gasteiger partial charge in [-0.05, 0) is 12.1 Å². The maximum Gasteiger partial charge on any atom is 0.159 e. The maximum absolute atomic E-state index is 8.63. The lowest BCUT2D eigenvalue weighted by Crippen LogP contribution is -2.22. The van der Waals surface area contributed by atoms with Crippen molar-refractivity contribution in [3.05, 3.63) is 28.5 Å². The van der Waals surface area contributed by atoms with Crippen molar-refractivity contribution < 1.29 is 0 Å². The molecule has 0 radical (unpaired) electrons. The molecule has 13 heavy (non-hydrogen) atoms. The highest BCUT2D eigenvalue weighted by Crippen LogP contribution is 2.15. The van der Waals surface area contributed by atoms with Gasteiger partial charge in [-0.3, -0.25) is 0 Å². The molecule has 68 valence electrons. The van der Waals surface area contributed by atoms with E-state index in [1.54, 1.807) is 12.1 Å². The second-order valence-electron chi connectivity index (χ2n) is 2.52. The average Bonchev–Trinajstić information content (AvgIpc) is 2.17. The maximum atomic E-state index is 8.63. The van der Waals surface area contributed by atoms with Crippen LogP contribution in [0.4, 0.5) is 0 Å². The van der Waals surface area contributed by atoms with Crippen molar-refractivity contribution in [3.8, 4) is 6.07 Å². The van der Waals surface area contributed by atoms with Crippen LogP contribution in [0, 0.1) is 11.3 Å². The van der Waals surface area contributed by atoms with Crippen LogP contribution in [0.5, 0.6) is 0 Å². The van der Waals surface area contributed by atoms with Crippen molar-refractivity contribution in [2.24, 2.45) is 11.5 Å². The van der Waals surface area contributed by atoms with E-state index in [0.29, 0.717) is 17.3 Å². The summed E-state index contributed by atoms with van der Waals surface area (Å²) in [6.07, 6.45) is 0. The number of pyridine rings is 1. The van der Waals surface area contributed by atoms with Crippen LogP contribution in [0.1, 0.15) is 17.4 Å². The number of nitrogens with two attached hydrogens (primary N) is 2. The predicted octanol–water partition coefficient (Wildman–Crippen LogP) is 0.565. The van der Waals surface area contributed by atoms with E-state index in [-0.39, 0.29) is 11.7 Å². The van der Waals surface area contributed by atoms with Crippen LogP contribution in [0.2, 0.25) is 5.02 Å². The van der Waals surface area contributed by atoms with Crippen LogP contribution >= 0.6 is 11.6 Å². The molecule has 1 aromatic heterocycles. The van der Waals surface area contributed by atoms with Gasteiger partial charge in [0, 0.05) is 6.54 Å². The largest absolute Gasteiger partial charge is 0.329 e. The zero-order valence-electron chi connectivity index (χ0n) is 6.87. The molecule has 0 amide bonds. The summed E-state index contributed by atoms with van der Waals surface area (Å²) < 4.78 is 0. The van der Waals surface area contributed by atoms with Gasteiger partial charge in [-0.25, -0.2) is 4.98 Å². The molecule has 0 aliphatic carbocycles. The summed E-state index contributed by atoms with van der Waals surface area (Å²) in [5, 5.41) is 8.96. The number of halogens is 1. The van der Waals surface area contributed by atoms with E-state index in [9.17, 15) is 0 Å². The Hall–Kier alpha value is -1.15. The Balaban J connectivity index is 3.08. The lowest BCUT2D eigenvalue weighted by molar-refractivity contribution is 0.710. The molecule has 1 rings (SSSR count). The van der Waals surface area contributed by atoms with Crippen LogP contribution in [0.3, 0.4) is 0 Å². The molecule has 0 aliphatic rings. The molecule has 5 heteroatoms. The summed E-state index contributed by atoms with van der Waals surface area (Å²) in [4.78, 5) is 3.96. The quantitative estimate of drug-likeness (QED) is 0.724. The first-order valence-corrected chi connectivity index (χ1v) is 4.09. The summed E-state index contributed by atoms with van der Waals surface area (Å²) in [6.45, 7) is 0.291. The molecule has 0 saturated heterocycles. The van der Waals surface area contributed by atoms with Gasteiger partial charge in [-0.2, -0.15) is 5.26 Å². The van der Waals surface area contributed by atoms with Crippen molar-refractivity contribution >= 4 is 11.6 Å². The molecule has 4 nitrogen and oxygen atoms in total. The fourth-order valence-electron chi connectivity index (χ4n) is 0.863. The minimum absolute atomic E-state index is 0.183. The molecule has 1 atom stereocenters. The van der Waals surface area contributed by atoms with E-state index in [0.717, 1.165) is 0 Å². The Labute approximate surface area is 81.1 Å². The van der Waals surface area contributed by atoms with Gasteiger partial charge in [0.2, 0.25) is 0 Å². The number of nitriles is 1. The number of hydrogen-bond donors (Lipinski definition) is 2. The lowest BCUT2D eigenvalue weighted by Gasteiger charge is -2.07. The highest BCUT2D eigenvalue weighted by molar-refractivity contribution is 6.31. The number of nitrogens with zero attached hydrogens (tertiary/aromatic N) is 2. The first-order valence-electron chi connectivity index (χ1n) is 3.71. The molecule has 0 aromatic carbocycles. The van der Waals surface area contributed by atoms with Gasteiger partial charge >= 0.3 is 0 Å². The molecule has 0 saturated carbocycles. The van der Waals surface area contributed by atoms with E-state index in [4.69, 9.17) is 28.3 Å². The highest BCUT2D eigenvalue weighted by Gasteiger charge is 2.08. The van der Waals surface area contributed by atoms with Gasteiger partial charge < -0.3 is 11.5 Å². The molecule has 1 aromatic rings. The Morgan fingerprint density at radius 3 is 2.85 bits per heavy atom. The van der Waals surface area contributed by atoms with E-state index in [1.165, 1.54) is 0 Å². The third-order valence-corrected chi connectivity index (χ3v) is 1.91. The molecular weight excluding hydrogens is 188 g/mol. The molecule has 1 heterocycles. The van der Waals surface area contributed by atoms with Crippen LogP contribution in [0.15, 0.2) is 12.1 Å². The molecule has 4 N–H and O–H groups in total. The number of hydrogen-bond acceptors (Lipinski definition) is 4. The van der Waals surface area contributed by atoms with Gasteiger partial charge in [0.05, 0.1) is 16.8 Å². The van der Waals surface area contributed by atoms with Gasteiger partial charge in [-0.15, -0.1) is 0 Å². The summed E-state index contributed by atoms with van der Waals surface area (Å²) in [5.41, 5.74) is 11.8. The van der Waals surface area contributed by atoms with Gasteiger partial charge in [-0.1, -0.05) is 11.6 Å². The molecule has 0 bridgehead atoms. The molecule has 1 unspecified atom stereocenters. The Bertz CT molecular complexity index is 344. The topological polar surface area (TPSA) is 88.7 Å². The Kier molecular flexibility index (Phi) is 3.20. The van der Waals surface area contributed by atoms with E-state index in [1.807, 2.05) is 6.07 Å². The SMILES string of the molecule is N#Cc1nc(C(N)CN)ccc1Cl. The lowest BCUT2D eigenvalue weighted by atomic mass is 10.2. The summed E-state index contributed by atoms with van der Waals surface area (Å²) in [7, 11) is 0. The van der Waals surface area contributed by atoms with Gasteiger partial charge in [0.15, 0.2) is 5.69 Å². The fraction of sp³-hybridized carbons (Fsp3) is 0.250. The summed E-state index contributed by atoms with van der Waals surface area (Å²) in [6, 6.07) is 4.79. The Morgan fingerprint density at radius 2 is 2.31 bits per heavy atom. The molecule has 0 aliphatic heterocycles. The second kappa shape index (κ2) is 4.19.